The molecule has 194 valence electrons. The van der Waals surface area contributed by atoms with E-state index in [0.717, 1.165) is 18.9 Å². The van der Waals surface area contributed by atoms with Gasteiger partial charge in [0.05, 0.1) is 42.0 Å². The second-order valence-corrected chi connectivity index (χ2v) is 9.53. The van der Waals surface area contributed by atoms with Gasteiger partial charge in [-0.1, -0.05) is 6.07 Å². The van der Waals surface area contributed by atoms with Crippen LogP contribution < -0.4 is 9.64 Å². The molecule has 2 atom stereocenters. The van der Waals surface area contributed by atoms with Crippen molar-refractivity contribution in [2.24, 2.45) is 17.8 Å². The van der Waals surface area contributed by atoms with Crippen LogP contribution in [0.25, 0.3) is 10.9 Å². The minimum atomic E-state index is -4.50. The number of methoxy groups -OCH3 is 1. The molecule has 1 aromatic heterocycles. The highest BCUT2D eigenvalue weighted by molar-refractivity contribution is 6.05. The maximum absolute atomic E-state index is 13.7. The minimum absolute atomic E-state index is 0.0331. The molecule has 0 aliphatic heterocycles. The Labute approximate surface area is 212 Å². The Morgan fingerprint density at radius 3 is 2.57 bits per heavy atom. The SMILES string of the molecule is CCOC(=O)C1CC1C(=O)c1ccc(N(CC2CC2)c2ccc(C(F)(F)F)c3cccnc23)cc1OC. The number of anilines is 2. The lowest BCUT2D eigenvalue weighted by molar-refractivity contribution is -0.145. The number of pyridine rings is 1. The van der Waals surface area contributed by atoms with Crippen molar-refractivity contribution in [3.05, 3.63) is 59.8 Å². The summed E-state index contributed by atoms with van der Waals surface area (Å²) < 4.78 is 51.7. The normalized spacial score (nSPS) is 18.9. The van der Waals surface area contributed by atoms with Crippen molar-refractivity contribution in [2.45, 2.75) is 32.4 Å². The Morgan fingerprint density at radius 1 is 1.11 bits per heavy atom. The summed E-state index contributed by atoms with van der Waals surface area (Å²) >= 11 is 0. The number of ether oxygens (including phenoxy) is 2. The van der Waals surface area contributed by atoms with Crippen molar-refractivity contribution in [3.63, 3.8) is 0 Å². The van der Waals surface area contributed by atoms with Crippen LogP contribution in [-0.4, -0.2) is 37.0 Å². The number of carbonyl (C=O) groups excluding carboxylic acids is 2. The van der Waals surface area contributed by atoms with Crippen LogP contribution in [-0.2, 0) is 15.7 Å². The molecule has 2 aromatic carbocycles. The molecule has 0 spiro atoms. The van der Waals surface area contributed by atoms with Gasteiger partial charge in [0, 0.05) is 35.8 Å². The molecule has 5 rings (SSSR count). The molecule has 2 aliphatic carbocycles. The molecule has 6 nitrogen and oxygen atoms in total. The first-order valence-corrected chi connectivity index (χ1v) is 12.3. The Morgan fingerprint density at radius 2 is 1.89 bits per heavy atom. The number of nitrogens with zero attached hydrogens (tertiary/aromatic N) is 2. The zero-order chi connectivity index (χ0) is 26.3. The predicted octanol–water partition coefficient (Wildman–Crippen LogP) is 6.19. The number of Topliss-reactive ketones (excluding diaryl/α,β-unsaturated/α-hetero) is 1. The van der Waals surface area contributed by atoms with Gasteiger partial charge in [-0.15, -0.1) is 0 Å². The van der Waals surface area contributed by atoms with Gasteiger partial charge in [-0.05, 0) is 62.4 Å². The molecule has 0 bridgehead atoms. The van der Waals surface area contributed by atoms with Crippen LogP contribution in [0.2, 0.25) is 0 Å². The average Bonchev–Trinajstić information content (AvgIpc) is 3.80. The summed E-state index contributed by atoms with van der Waals surface area (Å²) in [5, 5.41) is 0.0331. The van der Waals surface area contributed by atoms with Crippen molar-refractivity contribution in [1.29, 1.82) is 0 Å². The molecular formula is C28H27F3N2O4. The van der Waals surface area contributed by atoms with Gasteiger partial charge in [-0.3, -0.25) is 14.6 Å². The van der Waals surface area contributed by atoms with Gasteiger partial charge in [0.1, 0.15) is 5.75 Å². The second kappa shape index (κ2) is 9.68. The highest BCUT2D eigenvalue weighted by atomic mass is 19.4. The number of halogens is 3. The Bertz CT molecular complexity index is 1350. The van der Waals surface area contributed by atoms with E-state index in [9.17, 15) is 22.8 Å². The molecule has 0 N–H and O–H groups in total. The Hall–Kier alpha value is -3.62. The summed E-state index contributed by atoms with van der Waals surface area (Å²) in [4.78, 5) is 31.4. The average molecular weight is 513 g/mol. The van der Waals surface area contributed by atoms with E-state index in [4.69, 9.17) is 9.47 Å². The van der Waals surface area contributed by atoms with E-state index in [0.29, 0.717) is 41.6 Å². The molecule has 9 heteroatoms. The van der Waals surface area contributed by atoms with Gasteiger partial charge in [-0.2, -0.15) is 13.2 Å². The summed E-state index contributed by atoms with van der Waals surface area (Å²) in [6.07, 6.45) is -0.504. The highest BCUT2D eigenvalue weighted by Crippen LogP contribution is 2.45. The summed E-state index contributed by atoms with van der Waals surface area (Å²) in [7, 11) is 1.46. The first-order chi connectivity index (χ1) is 17.7. The van der Waals surface area contributed by atoms with Gasteiger partial charge in [0.2, 0.25) is 0 Å². The summed E-state index contributed by atoms with van der Waals surface area (Å²) in [6.45, 7) is 2.58. The molecule has 0 amide bonds. The number of alkyl halides is 3. The zero-order valence-electron chi connectivity index (χ0n) is 20.5. The Kier molecular flexibility index (Phi) is 6.56. The zero-order valence-corrected chi connectivity index (χ0v) is 20.5. The molecule has 0 radical (unpaired) electrons. The number of ketones is 1. The molecule has 2 saturated carbocycles. The molecule has 2 unspecified atom stereocenters. The standard InChI is InChI=1S/C28H27F3N2O4/c1-3-37-27(35)21-14-20(21)26(34)19-9-8-17(13-24(19)36-2)33(15-16-6-7-16)23-11-10-22(28(29,30)31)18-5-4-12-32-25(18)23/h4-5,8-13,16,20-21H,3,6-7,14-15H2,1-2H3. The number of fused-ring (bicyclic) bond motifs is 1. The fourth-order valence-corrected chi connectivity index (χ4v) is 4.77. The van der Waals surface area contributed by atoms with Crippen molar-refractivity contribution in [1.82, 2.24) is 4.98 Å². The van der Waals surface area contributed by atoms with Gasteiger partial charge in [-0.25, -0.2) is 0 Å². The second-order valence-electron chi connectivity index (χ2n) is 9.53. The van der Waals surface area contributed by atoms with Crippen LogP contribution in [0, 0.1) is 17.8 Å². The van der Waals surface area contributed by atoms with E-state index in [1.165, 1.54) is 31.5 Å². The van der Waals surface area contributed by atoms with Crippen LogP contribution >= 0.6 is 0 Å². The van der Waals surface area contributed by atoms with E-state index in [2.05, 4.69) is 4.98 Å². The van der Waals surface area contributed by atoms with Gasteiger partial charge in [0.15, 0.2) is 5.78 Å². The monoisotopic (exact) mass is 512 g/mol. The molecule has 1 heterocycles. The van der Waals surface area contributed by atoms with E-state index in [-0.39, 0.29) is 29.3 Å². The molecule has 2 aliphatic rings. The first-order valence-electron chi connectivity index (χ1n) is 12.3. The van der Waals surface area contributed by atoms with Crippen molar-refractivity contribution >= 4 is 34.0 Å². The lowest BCUT2D eigenvalue weighted by Crippen LogP contribution is -2.21. The maximum Gasteiger partial charge on any atom is 0.417 e. The van der Waals surface area contributed by atoms with Crippen LogP contribution in [0.4, 0.5) is 24.5 Å². The van der Waals surface area contributed by atoms with Gasteiger partial charge < -0.3 is 14.4 Å². The number of rotatable bonds is 9. The number of hydrogen-bond donors (Lipinski definition) is 0. The number of carbonyl (C=O) groups is 2. The fourth-order valence-electron chi connectivity index (χ4n) is 4.77. The summed E-state index contributed by atoms with van der Waals surface area (Å²) in [5.74, 6) is -0.671. The largest absolute Gasteiger partial charge is 0.496 e. The van der Waals surface area contributed by atoms with Crippen LogP contribution in [0.3, 0.4) is 0 Å². The first kappa shape index (κ1) is 25.0. The van der Waals surface area contributed by atoms with Crippen molar-refractivity contribution in [2.75, 3.05) is 25.2 Å². The Balaban J connectivity index is 1.52. The van der Waals surface area contributed by atoms with Crippen LogP contribution in [0.5, 0.6) is 5.75 Å². The molecule has 2 fully saturated rings. The minimum Gasteiger partial charge on any atom is -0.496 e. The number of aromatic nitrogens is 1. The maximum atomic E-state index is 13.7. The smallest absolute Gasteiger partial charge is 0.417 e. The quantitative estimate of drug-likeness (QED) is 0.252. The third-order valence-corrected chi connectivity index (χ3v) is 6.96. The number of benzene rings is 2. The highest BCUT2D eigenvalue weighted by Gasteiger charge is 2.49. The topological polar surface area (TPSA) is 68.7 Å². The van der Waals surface area contributed by atoms with Crippen molar-refractivity contribution in [3.8, 4) is 5.75 Å². The van der Waals surface area contributed by atoms with E-state index in [1.54, 1.807) is 25.1 Å². The summed E-state index contributed by atoms with van der Waals surface area (Å²) in [6, 6.07) is 10.6. The number of hydrogen-bond acceptors (Lipinski definition) is 6. The summed E-state index contributed by atoms with van der Waals surface area (Å²) in [5.41, 5.74) is 1.13. The molecule has 37 heavy (non-hydrogen) atoms. The molecular weight excluding hydrogens is 485 g/mol. The van der Waals surface area contributed by atoms with E-state index < -0.39 is 23.6 Å². The number of esters is 1. The van der Waals surface area contributed by atoms with Crippen LogP contribution in [0.15, 0.2) is 48.7 Å². The predicted molar refractivity (Wildman–Crippen MR) is 132 cm³/mol. The third kappa shape index (κ3) is 4.99. The molecule has 0 saturated heterocycles. The van der Waals surface area contributed by atoms with E-state index >= 15 is 0 Å². The third-order valence-electron chi connectivity index (χ3n) is 6.96. The fraction of sp³-hybridized carbons (Fsp3) is 0.393. The van der Waals surface area contributed by atoms with E-state index in [1.807, 2.05) is 4.90 Å². The van der Waals surface area contributed by atoms with Gasteiger partial charge >= 0.3 is 12.1 Å². The van der Waals surface area contributed by atoms with Crippen LogP contribution in [0.1, 0.15) is 42.1 Å². The molecule has 3 aromatic rings. The van der Waals surface area contributed by atoms with Crippen molar-refractivity contribution < 1.29 is 32.2 Å². The lowest BCUT2D eigenvalue weighted by atomic mass is 10.0. The van der Waals surface area contributed by atoms with Gasteiger partial charge in [0.25, 0.3) is 0 Å². The lowest BCUT2D eigenvalue weighted by Gasteiger charge is -2.27.